The Balaban J connectivity index is 1.72. The number of ether oxygens (including phenoxy) is 1. The second kappa shape index (κ2) is 8.07. The number of thioether (sulfide) groups is 1. The summed E-state index contributed by atoms with van der Waals surface area (Å²) in [5.74, 6) is -2.54. The highest BCUT2D eigenvalue weighted by Crippen LogP contribution is 2.40. The van der Waals surface area contributed by atoms with Gasteiger partial charge in [0.05, 0.1) is 10.7 Å². The number of rotatable bonds is 6. The fourth-order valence-electron chi connectivity index (χ4n) is 3.03. The van der Waals surface area contributed by atoms with Gasteiger partial charge in [0.25, 0.3) is 5.91 Å². The molecule has 10 nitrogen and oxygen atoms in total. The molecule has 2 aliphatic rings. The second-order valence-corrected chi connectivity index (χ2v) is 8.16. The third-order valence-electron chi connectivity index (χ3n) is 4.63. The quantitative estimate of drug-likeness (QED) is 0.486. The molecule has 2 N–H and O–H groups in total. The van der Waals surface area contributed by atoms with Crippen LogP contribution in [0.4, 0.5) is 0 Å². The Morgan fingerprint density at radius 3 is 2.72 bits per heavy atom. The van der Waals surface area contributed by atoms with Crippen molar-refractivity contribution in [2.24, 2.45) is 0 Å². The van der Waals surface area contributed by atoms with E-state index in [-0.39, 0.29) is 18.1 Å². The van der Waals surface area contributed by atoms with E-state index in [1.807, 2.05) is 0 Å². The minimum absolute atomic E-state index is 0.200. The van der Waals surface area contributed by atoms with Gasteiger partial charge in [0.1, 0.15) is 29.8 Å². The van der Waals surface area contributed by atoms with Gasteiger partial charge in [-0.05, 0) is 13.8 Å². The van der Waals surface area contributed by atoms with Gasteiger partial charge < -0.3 is 15.2 Å². The van der Waals surface area contributed by atoms with Crippen LogP contribution in [0.1, 0.15) is 25.6 Å². The summed E-state index contributed by atoms with van der Waals surface area (Å²) in [6.45, 7) is 4.35. The summed E-state index contributed by atoms with van der Waals surface area (Å²) in [7, 11) is 0. The normalized spacial score (nSPS) is 21.9. The fraction of sp³-hybridized carbons (Fsp3) is 0.471. The molecule has 3 rings (SSSR count). The zero-order chi connectivity index (χ0) is 21.5. The van der Waals surface area contributed by atoms with E-state index in [4.69, 9.17) is 16.3 Å². The molecule has 0 saturated carbocycles. The van der Waals surface area contributed by atoms with Crippen molar-refractivity contribution in [1.29, 1.82) is 0 Å². The number of carboxylic acids is 1. The van der Waals surface area contributed by atoms with Crippen LogP contribution in [-0.4, -0.2) is 67.3 Å². The molecule has 1 aromatic heterocycles. The third-order valence-corrected chi connectivity index (χ3v) is 6.34. The average molecular weight is 443 g/mol. The molecule has 0 spiro atoms. The highest BCUT2D eigenvalue weighted by molar-refractivity contribution is 8.00. The minimum atomic E-state index is -1.29. The summed E-state index contributed by atoms with van der Waals surface area (Å²) >= 11 is 7.27. The predicted octanol–water partition coefficient (Wildman–Crippen LogP) is 0.708. The van der Waals surface area contributed by atoms with E-state index in [2.05, 4.69) is 10.4 Å². The van der Waals surface area contributed by atoms with Gasteiger partial charge in [-0.2, -0.15) is 5.10 Å². The van der Waals surface area contributed by atoms with E-state index < -0.39 is 41.2 Å². The van der Waals surface area contributed by atoms with Crippen LogP contribution in [0.2, 0.25) is 5.02 Å². The number of esters is 1. The smallest absolute Gasteiger partial charge is 0.352 e. The Kier molecular flexibility index (Phi) is 5.90. The second-order valence-electron chi connectivity index (χ2n) is 6.65. The fourth-order valence-corrected chi connectivity index (χ4v) is 4.50. The van der Waals surface area contributed by atoms with Crippen molar-refractivity contribution in [2.45, 2.75) is 38.2 Å². The van der Waals surface area contributed by atoms with E-state index in [0.717, 1.165) is 4.90 Å². The van der Waals surface area contributed by atoms with Gasteiger partial charge in [0.15, 0.2) is 0 Å². The van der Waals surface area contributed by atoms with E-state index in [1.54, 1.807) is 13.8 Å². The Morgan fingerprint density at radius 1 is 1.48 bits per heavy atom. The van der Waals surface area contributed by atoms with Gasteiger partial charge in [0.2, 0.25) is 5.91 Å². The molecule has 0 radical (unpaired) electrons. The number of halogens is 1. The lowest BCUT2D eigenvalue weighted by molar-refractivity contribution is -0.151. The average Bonchev–Trinajstić information content (AvgIpc) is 3.00. The number of aliphatic carboxylic acids is 1. The van der Waals surface area contributed by atoms with Crippen LogP contribution in [0.15, 0.2) is 17.5 Å². The Morgan fingerprint density at radius 2 is 2.17 bits per heavy atom. The predicted molar refractivity (Wildman–Crippen MR) is 103 cm³/mol. The monoisotopic (exact) mass is 442 g/mol. The van der Waals surface area contributed by atoms with E-state index >= 15 is 0 Å². The molecular formula is C17H19ClN4O6S. The topological polar surface area (TPSA) is 131 Å². The first kappa shape index (κ1) is 21.2. The molecule has 1 fully saturated rings. The first-order valence-corrected chi connectivity index (χ1v) is 10.1. The highest BCUT2D eigenvalue weighted by Gasteiger charge is 2.54. The zero-order valence-electron chi connectivity index (χ0n) is 15.8. The van der Waals surface area contributed by atoms with Crippen LogP contribution in [0.25, 0.3) is 0 Å². The number of aromatic nitrogens is 2. The molecule has 3 atom stereocenters. The van der Waals surface area contributed by atoms with Crippen LogP contribution in [-0.2, 0) is 23.9 Å². The molecule has 12 heteroatoms. The number of carboxylic acid groups (broad SMARTS) is 1. The highest BCUT2D eigenvalue weighted by atomic mass is 35.5. The lowest BCUT2D eigenvalue weighted by Gasteiger charge is -2.49. The van der Waals surface area contributed by atoms with Crippen LogP contribution in [0.5, 0.6) is 0 Å². The lowest BCUT2D eigenvalue weighted by Crippen LogP contribution is -2.71. The molecule has 0 aliphatic carbocycles. The van der Waals surface area contributed by atoms with Gasteiger partial charge in [-0.1, -0.05) is 11.6 Å². The molecule has 2 amide bonds. The SMILES string of the molecule is CC(=O)OCC1=C(C(=O)O)N2C(=O)[C@H](NC(=O)[C@H](C)n3cc(Cl)c(C)n3)[C@H]2SC1. The number of nitrogens with zero attached hydrogens (tertiary/aromatic N) is 3. The number of hydrogen-bond donors (Lipinski definition) is 2. The number of fused-ring (bicyclic) bond motifs is 1. The number of β-lactam (4-membered cyclic amide) rings is 1. The minimum Gasteiger partial charge on any atom is -0.477 e. The molecule has 0 aromatic carbocycles. The Labute approximate surface area is 175 Å². The molecule has 0 bridgehead atoms. The van der Waals surface area contributed by atoms with Crippen molar-refractivity contribution < 1.29 is 29.0 Å². The van der Waals surface area contributed by atoms with Gasteiger partial charge in [-0.15, -0.1) is 11.8 Å². The maximum absolute atomic E-state index is 12.6. The number of nitrogens with one attached hydrogen (secondary N) is 1. The third kappa shape index (κ3) is 3.97. The summed E-state index contributed by atoms with van der Waals surface area (Å²) in [6, 6.07) is -1.56. The number of amides is 2. The van der Waals surface area contributed by atoms with Gasteiger partial charge in [0, 0.05) is 24.4 Å². The first-order chi connectivity index (χ1) is 13.6. The molecule has 156 valence electrons. The number of hydrogen-bond acceptors (Lipinski definition) is 7. The van der Waals surface area contributed by atoms with E-state index in [1.165, 1.54) is 29.6 Å². The molecule has 1 aromatic rings. The van der Waals surface area contributed by atoms with Crippen LogP contribution in [0, 0.1) is 6.92 Å². The Hall–Kier alpha value is -2.53. The van der Waals surface area contributed by atoms with Crippen LogP contribution in [0.3, 0.4) is 0 Å². The van der Waals surface area contributed by atoms with Crippen molar-refractivity contribution >= 4 is 47.1 Å². The van der Waals surface area contributed by atoms with E-state index in [0.29, 0.717) is 16.3 Å². The zero-order valence-corrected chi connectivity index (χ0v) is 17.4. The number of carbonyl (C=O) groups excluding carboxylic acids is 3. The lowest BCUT2D eigenvalue weighted by atomic mass is 10.0. The largest absolute Gasteiger partial charge is 0.477 e. The molecule has 2 aliphatic heterocycles. The summed E-state index contributed by atoms with van der Waals surface area (Å²) in [4.78, 5) is 49.0. The summed E-state index contributed by atoms with van der Waals surface area (Å²) < 4.78 is 6.29. The molecule has 3 heterocycles. The van der Waals surface area contributed by atoms with E-state index in [9.17, 15) is 24.3 Å². The van der Waals surface area contributed by atoms with Crippen molar-refractivity contribution in [1.82, 2.24) is 20.0 Å². The van der Waals surface area contributed by atoms with Crippen molar-refractivity contribution in [3.05, 3.63) is 28.2 Å². The van der Waals surface area contributed by atoms with Gasteiger partial charge >= 0.3 is 11.9 Å². The summed E-state index contributed by atoms with van der Waals surface area (Å²) in [5, 5.41) is 16.2. The van der Waals surface area contributed by atoms with Crippen LogP contribution < -0.4 is 5.32 Å². The van der Waals surface area contributed by atoms with Gasteiger partial charge in [-0.3, -0.25) is 24.0 Å². The van der Waals surface area contributed by atoms with Crippen molar-refractivity contribution in [3.8, 4) is 0 Å². The van der Waals surface area contributed by atoms with Gasteiger partial charge in [-0.25, -0.2) is 4.79 Å². The summed E-state index contributed by atoms with van der Waals surface area (Å²) in [5.41, 5.74) is 0.715. The molecule has 1 saturated heterocycles. The number of carbonyl (C=O) groups is 4. The van der Waals surface area contributed by atoms with Crippen molar-refractivity contribution in [2.75, 3.05) is 12.4 Å². The maximum Gasteiger partial charge on any atom is 0.352 e. The van der Waals surface area contributed by atoms with Crippen LogP contribution >= 0.6 is 23.4 Å². The molecular weight excluding hydrogens is 424 g/mol. The first-order valence-electron chi connectivity index (χ1n) is 8.66. The maximum atomic E-state index is 12.6. The molecule has 29 heavy (non-hydrogen) atoms. The molecule has 0 unspecified atom stereocenters. The Bertz CT molecular complexity index is 910. The number of aryl methyl sites for hydroxylation is 1. The van der Waals surface area contributed by atoms with Crippen molar-refractivity contribution in [3.63, 3.8) is 0 Å². The standard InChI is InChI=1S/C17H19ClN4O6S/c1-7-11(18)4-21(20-7)8(2)14(24)19-12-15(25)22-13(17(26)27)10(5-28-9(3)23)6-29-16(12)22/h4,8,12,16H,5-6H2,1-3H3,(H,19,24)(H,26,27)/t8-,12-,16+/m0/s1. The summed E-state index contributed by atoms with van der Waals surface area (Å²) in [6.07, 6.45) is 1.53.